The van der Waals surface area contributed by atoms with Crippen LogP contribution in [0.3, 0.4) is 0 Å². The van der Waals surface area contributed by atoms with Crippen LogP contribution in [0.4, 0.5) is 0 Å². The molecule has 0 amide bonds. The molecule has 0 aromatic carbocycles. The number of aliphatic hydroxyl groups is 1. The van der Waals surface area contributed by atoms with Crippen molar-refractivity contribution in [3.8, 4) is 0 Å². The van der Waals surface area contributed by atoms with Gasteiger partial charge in [0.25, 0.3) is 0 Å². The highest BCUT2D eigenvalue weighted by atomic mass is 16.4. The summed E-state index contributed by atoms with van der Waals surface area (Å²) in [6.45, 7) is -0.451. The summed E-state index contributed by atoms with van der Waals surface area (Å²) in [7, 11) is 0. The van der Waals surface area contributed by atoms with Crippen molar-refractivity contribution in [1.29, 1.82) is 0 Å². The van der Waals surface area contributed by atoms with E-state index in [0.717, 1.165) is 0 Å². The van der Waals surface area contributed by atoms with Gasteiger partial charge in [-0.15, -0.1) is 0 Å². The molecule has 0 aliphatic carbocycles. The lowest BCUT2D eigenvalue weighted by Gasteiger charge is -2.00. The van der Waals surface area contributed by atoms with Crippen molar-refractivity contribution in [3.05, 3.63) is 0 Å². The van der Waals surface area contributed by atoms with Crippen molar-refractivity contribution in [2.45, 2.75) is 12.5 Å². The van der Waals surface area contributed by atoms with Crippen molar-refractivity contribution < 1.29 is 24.9 Å². The Labute approximate surface area is 75.0 Å². The lowest BCUT2D eigenvalue weighted by Crippen LogP contribution is -2.30. The molecule has 0 radical (unpaired) electrons. The van der Waals surface area contributed by atoms with Gasteiger partial charge in [-0.2, -0.15) is 0 Å². The Kier molecular flexibility index (Phi) is 9.84. The highest BCUT2D eigenvalue weighted by Crippen LogP contribution is 1.83. The zero-order valence-electron chi connectivity index (χ0n) is 7.01. The molecule has 0 saturated heterocycles. The molecule has 7 heteroatoms. The van der Waals surface area contributed by atoms with E-state index in [1.54, 1.807) is 0 Å². The lowest BCUT2D eigenvalue weighted by molar-refractivity contribution is -0.139. The number of aliphatic hydroxyl groups excluding tert-OH is 1. The Morgan fingerprint density at radius 1 is 1.31 bits per heavy atom. The van der Waals surface area contributed by atoms with Crippen molar-refractivity contribution in [2.24, 2.45) is 11.5 Å². The lowest BCUT2D eigenvalue weighted by atomic mass is 10.2. The third kappa shape index (κ3) is 13.8. The van der Waals surface area contributed by atoms with E-state index in [-0.39, 0.29) is 19.6 Å². The maximum absolute atomic E-state index is 9.85. The quantitative estimate of drug-likeness (QED) is 0.341. The summed E-state index contributed by atoms with van der Waals surface area (Å²) in [6.07, 6.45) is 0.120. The van der Waals surface area contributed by atoms with Gasteiger partial charge in [-0.05, 0) is 6.42 Å². The maximum atomic E-state index is 9.85. The van der Waals surface area contributed by atoms with Gasteiger partial charge >= 0.3 is 11.9 Å². The average molecular weight is 194 g/mol. The van der Waals surface area contributed by atoms with E-state index in [0.29, 0.717) is 0 Å². The second kappa shape index (κ2) is 8.91. The number of carboxylic acid groups (broad SMARTS) is 2. The molecule has 7 nitrogen and oxygen atoms in total. The van der Waals surface area contributed by atoms with E-state index in [4.69, 9.17) is 21.1 Å². The topological polar surface area (TPSA) is 147 Å². The first kappa shape index (κ1) is 14.3. The number of carboxylic acids is 2. The van der Waals surface area contributed by atoms with Crippen molar-refractivity contribution >= 4 is 11.9 Å². The molecular weight excluding hydrogens is 180 g/mol. The van der Waals surface area contributed by atoms with Crippen LogP contribution in [0.15, 0.2) is 0 Å². The van der Waals surface area contributed by atoms with Gasteiger partial charge in [0, 0.05) is 6.61 Å². The molecule has 1 atom stereocenters. The zero-order chi connectivity index (χ0) is 10.9. The van der Waals surface area contributed by atoms with Crippen LogP contribution in [0.2, 0.25) is 0 Å². The summed E-state index contributed by atoms with van der Waals surface area (Å²) in [5, 5.41) is 23.8. The summed E-state index contributed by atoms with van der Waals surface area (Å²) >= 11 is 0. The van der Waals surface area contributed by atoms with E-state index in [1.165, 1.54) is 0 Å². The van der Waals surface area contributed by atoms with Gasteiger partial charge in [-0.3, -0.25) is 9.59 Å². The van der Waals surface area contributed by atoms with Crippen molar-refractivity contribution in [2.75, 3.05) is 13.2 Å². The molecule has 0 rings (SSSR count). The monoisotopic (exact) mass is 194 g/mol. The van der Waals surface area contributed by atoms with Crippen molar-refractivity contribution in [1.82, 2.24) is 0 Å². The molecule has 7 N–H and O–H groups in total. The molecule has 0 fully saturated rings. The zero-order valence-corrected chi connectivity index (χ0v) is 7.01. The minimum Gasteiger partial charge on any atom is -0.480 e. The predicted octanol–water partition coefficient (Wildman–Crippen LogP) is -2.19. The van der Waals surface area contributed by atoms with Crippen LogP contribution in [-0.2, 0) is 9.59 Å². The van der Waals surface area contributed by atoms with E-state index < -0.39 is 18.0 Å². The molecule has 0 unspecified atom stereocenters. The van der Waals surface area contributed by atoms with Crippen LogP contribution >= 0.6 is 0 Å². The third-order valence-corrected chi connectivity index (χ3v) is 0.932. The van der Waals surface area contributed by atoms with Gasteiger partial charge in [0.2, 0.25) is 0 Å². The fourth-order valence-electron chi connectivity index (χ4n) is 0.263. The number of aliphatic carboxylic acids is 2. The maximum Gasteiger partial charge on any atom is 0.320 e. The van der Waals surface area contributed by atoms with Gasteiger partial charge in [-0.1, -0.05) is 0 Å². The predicted molar refractivity (Wildman–Crippen MR) is 44.0 cm³/mol. The molecule has 0 aliphatic heterocycles. The second-order valence-corrected chi connectivity index (χ2v) is 2.05. The molecule has 0 saturated carbocycles. The molecule has 0 aromatic rings. The first-order valence-electron chi connectivity index (χ1n) is 3.46. The molecule has 0 bridgehead atoms. The SMILES string of the molecule is NCC(=O)O.N[C@@H](CCO)C(=O)O. The molecule has 0 aromatic heterocycles. The molecule has 78 valence electrons. The first-order chi connectivity index (χ1) is 5.95. The highest BCUT2D eigenvalue weighted by molar-refractivity contribution is 5.72. The molecule has 0 heterocycles. The van der Waals surface area contributed by atoms with Crippen LogP contribution in [0, 0.1) is 0 Å². The average Bonchev–Trinajstić information content (AvgIpc) is 2.06. The van der Waals surface area contributed by atoms with Crippen LogP contribution < -0.4 is 11.5 Å². The van der Waals surface area contributed by atoms with E-state index >= 15 is 0 Å². The Morgan fingerprint density at radius 2 is 1.69 bits per heavy atom. The smallest absolute Gasteiger partial charge is 0.320 e. The summed E-state index contributed by atoms with van der Waals surface area (Å²) in [5.41, 5.74) is 9.54. The van der Waals surface area contributed by atoms with Gasteiger partial charge in [0.1, 0.15) is 6.04 Å². The Morgan fingerprint density at radius 3 is 1.77 bits per heavy atom. The standard InChI is InChI=1S/C4H9NO3.C2H5NO2/c5-3(1-2-6)4(7)8;3-1-2(4)5/h3,6H,1-2,5H2,(H,7,8);1,3H2,(H,4,5)/t3-;/m0./s1. The Bertz CT molecular complexity index is 161. The highest BCUT2D eigenvalue weighted by Gasteiger charge is 2.08. The minimum atomic E-state index is -1.07. The van der Waals surface area contributed by atoms with Gasteiger partial charge in [0.15, 0.2) is 0 Å². The fourth-order valence-corrected chi connectivity index (χ4v) is 0.263. The third-order valence-electron chi connectivity index (χ3n) is 0.932. The Balaban J connectivity index is 0. The molecule has 0 aliphatic rings. The van der Waals surface area contributed by atoms with Crippen LogP contribution in [0.5, 0.6) is 0 Å². The molecular formula is C6H14N2O5. The molecule has 13 heavy (non-hydrogen) atoms. The van der Waals surface area contributed by atoms with E-state index in [9.17, 15) is 9.59 Å². The minimum absolute atomic E-state index is 0.120. The number of carbonyl (C=O) groups is 2. The number of hydrogen-bond donors (Lipinski definition) is 5. The van der Waals surface area contributed by atoms with Gasteiger partial charge < -0.3 is 26.8 Å². The normalized spacial score (nSPS) is 11.0. The van der Waals surface area contributed by atoms with Gasteiger partial charge in [-0.25, -0.2) is 0 Å². The summed E-state index contributed by atoms with van der Waals surface area (Å²) < 4.78 is 0. The number of nitrogens with two attached hydrogens (primary N) is 2. The summed E-state index contributed by atoms with van der Waals surface area (Å²) in [4.78, 5) is 19.1. The number of hydrogen-bond acceptors (Lipinski definition) is 5. The second-order valence-electron chi connectivity index (χ2n) is 2.05. The first-order valence-corrected chi connectivity index (χ1v) is 3.46. The van der Waals surface area contributed by atoms with Crippen LogP contribution in [-0.4, -0.2) is 46.5 Å². The Hall–Kier alpha value is -1.18. The number of rotatable bonds is 4. The summed E-state index contributed by atoms with van der Waals surface area (Å²) in [6, 6.07) is -0.917. The van der Waals surface area contributed by atoms with Crippen LogP contribution in [0.25, 0.3) is 0 Å². The fraction of sp³-hybridized carbons (Fsp3) is 0.667. The van der Waals surface area contributed by atoms with E-state index in [1.807, 2.05) is 0 Å². The van der Waals surface area contributed by atoms with Gasteiger partial charge in [0.05, 0.1) is 6.54 Å². The van der Waals surface area contributed by atoms with Crippen molar-refractivity contribution in [3.63, 3.8) is 0 Å². The largest absolute Gasteiger partial charge is 0.480 e. The summed E-state index contributed by atoms with van der Waals surface area (Å²) in [5.74, 6) is -2.04. The molecule has 0 spiro atoms. The van der Waals surface area contributed by atoms with Crippen LogP contribution in [0.1, 0.15) is 6.42 Å². The van der Waals surface area contributed by atoms with E-state index in [2.05, 4.69) is 5.73 Å².